The van der Waals surface area contributed by atoms with Crippen LogP contribution in [0.2, 0.25) is 0 Å². The number of carbonyl (C=O) groups is 1. The molecule has 0 saturated heterocycles. The third kappa shape index (κ3) is 2.34. The van der Waals surface area contributed by atoms with Gasteiger partial charge in [-0.05, 0) is 18.2 Å². The van der Waals surface area contributed by atoms with Crippen LogP contribution in [0.5, 0.6) is 11.5 Å². The Morgan fingerprint density at radius 1 is 1.25 bits per heavy atom. The second-order valence-electron chi connectivity index (χ2n) is 2.01. The van der Waals surface area contributed by atoms with Crippen LogP contribution in [-0.2, 0) is 0 Å². The molecule has 12 heavy (non-hydrogen) atoms. The van der Waals surface area contributed by atoms with Gasteiger partial charge < -0.3 is 15.3 Å². The molecule has 0 bridgehead atoms. The van der Waals surface area contributed by atoms with Gasteiger partial charge in [-0.15, -0.1) is 0 Å². The Morgan fingerprint density at radius 3 is 2.25 bits per heavy atom. The van der Waals surface area contributed by atoms with E-state index < -0.39 is 5.97 Å². The summed E-state index contributed by atoms with van der Waals surface area (Å²) in [5.74, 6) is -1.80. The molecule has 0 radical (unpaired) electrons. The second kappa shape index (κ2) is 4.26. The van der Waals surface area contributed by atoms with E-state index in [1.54, 1.807) is 0 Å². The van der Waals surface area contributed by atoms with Gasteiger partial charge in [0, 0.05) is 0 Å². The van der Waals surface area contributed by atoms with Crippen molar-refractivity contribution in [3.63, 3.8) is 0 Å². The average molecular weight is 366 g/mol. The maximum atomic E-state index is 10.3. The van der Waals surface area contributed by atoms with Crippen molar-refractivity contribution in [1.82, 2.24) is 0 Å². The Morgan fingerprint density at radius 2 is 1.83 bits per heavy atom. The fourth-order valence-electron chi connectivity index (χ4n) is 0.695. The monoisotopic (exact) mass is 366 g/mol. The van der Waals surface area contributed by atoms with Crippen molar-refractivity contribution in [3.05, 3.63) is 23.8 Å². The van der Waals surface area contributed by atoms with E-state index in [0.29, 0.717) is 0 Å². The van der Waals surface area contributed by atoms with Crippen molar-refractivity contribution < 1.29 is 20.1 Å². The number of hydrogen-bond donors (Lipinski definition) is 3. The van der Waals surface area contributed by atoms with Crippen LogP contribution >= 0.6 is 0 Å². The Balaban J connectivity index is 0.00000121. The first-order valence-corrected chi connectivity index (χ1v) is 2.86. The van der Waals surface area contributed by atoms with E-state index in [2.05, 4.69) is 0 Å². The maximum absolute atomic E-state index is 10.3. The number of hydrogen-bond acceptors (Lipinski definition) is 3. The molecule has 0 atom stereocenters. The minimum absolute atomic E-state index is 0. The zero-order valence-corrected chi connectivity index (χ0v) is 11.7. The third-order valence-electron chi connectivity index (χ3n) is 1.21. The predicted octanol–water partition coefficient (Wildman–Crippen LogP) is -0.388. The average Bonchev–Trinajstić information content (AvgIpc) is 1.94. The number of benzene rings is 1. The Bertz CT molecular complexity index is 297. The van der Waals surface area contributed by atoms with Crippen LogP contribution in [0, 0.1) is 0 Å². The SMILES string of the molecule is O=C(O)c1cc(O)ccc1O.[BiH3]. The molecule has 4 nitrogen and oxygen atoms in total. The van der Waals surface area contributed by atoms with E-state index in [4.69, 9.17) is 15.3 Å². The van der Waals surface area contributed by atoms with Gasteiger partial charge in [-0.25, -0.2) is 4.79 Å². The van der Waals surface area contributed by atoms with Crippen molar-refractivity contribution in [2.45, 2.75) is 0 Å². The molecular formula is C7H9BiO4. The summed E-state index contributed by atoms with van der Waals surface area (Å²) in [7, 11) is 0. The summed E-state index contributed by atoms with van der Waals surface area (Å²) in [5.41, 5.74) is -0.301. The van der Waals surface area contributed by atoms with Crippen molar-refractivity contribution >= 4 is 32.2 Å². The van der Waals surface area contributed by atoms with Gasteiger partial charge in [0.25, 0.3) is 0 Å². The molecule has 1 rings (SSSR count). The predicted molar refractivity (Wildman–Crippen MR) is 46.7 cm³/mol. The number of carboxylic acids is 1. The standard InChI is InChI=1S/C7H6O4.Bi.3H/c8-4-1-2-6(9)5(3-4)7(10)11;;;;/h1-3,8-9H,(H,10,11);;;;. The molecule has 1 aromatic rings. The number of aromatic hydroxyl groups is 2. The summed E-state index contributed by atoms with van der Waals surface area (Å²) in [6, 6.07) is 3.32. The topological polar surface area (TPSA) is 77.8 Å². The molecule has 0 aliphatic rings. The molecule has 0 saturated carbocycles. The van der Waals surface area contributed by atoms with Gasteiger partial charge >= 0.3 is 32.2 Å². The number of phenols is 2. The second-order valence-corrected chi connectivity index (χ2v) is 2.01. The van der Waals surface area contributed by atoms with Crippen molar-refractivity contribution in [1.29, 1.82) is 0 Å². The fraction of sp³-hybridized carbons (Fsp3) is 0. The first-order valence-electron chi connectivity index (χ1n) is 2.86. The van der Waals surface area contributed by atoms with E-state index in [1.807, 2.05) is 0 Å². The van der Waals surface area contributed by atoms with Crippen LogP contribution in [0.15, 0.2) is 18.2 Å². The van der Waals surface area contributed by atoms with Gasteiger partial charge in [0.05, 0.1) is 0 Å². The molecule has 0 fully saturated rings. The third-order valence-corrected chi connectivity index (χ3v) is 1.21. The van der Waals surface area contributed by atoms with Crippen LogP contribution in [-0.4, -0.2) is 47.5 Å². The van der Waals surface area contributed by atoms with E-state index in [9.17, 15) is 4.79 Å². The van der Waals surface area contributed by atoms with E-state index in [0.717, 1.165) is 12.1 Å². The molecule has 0 amide bonds. The molecule has 3 N–H and O–H groups in total. The molecule has 5 heteroatoms. The number of phenolic OH excluding ortho intramolecular Hbond substituents is 1. The molecule has 66 valence electrons. The van der Waals surface area contributed by atoms with Gasteiger partial charge in [0.15, 0.2) is 0 Å². The Labute approximate surface area is 87.6 Å². The number of rotatable bonds is 1. The van der Waals surface area contributed by atoms with Crippen LogP contribution in [0.3, 0.4) is 0 Å². The summed E-state index contributed by atoms with van der Waals surface area (Å²) < 4.78 is 0. The molecule has 0 heterocycles. The van der Waals surface area contributed by atoms with Gasteiger partial charge in [-0.2, -0.15) is 0 Å². The first kappa shape index (κ1) is 11.2. The summed E-state index contributed by atoms with van der Waals surface area (Å²) in [6.07, 6.45) is 0. The Kier molecular flexibility index (Phi) is 3.97. The molecule has 1 aromatic carbocycles. The number of carboxylic acid groups (broad SMARTS) is 1. The zero-order valence-electron chi connectivity index (χ0n) is 6.19. The Hall–Kier alpha value is -0.827. The van der Waals surface area contributed by atoms with Gasteiger partial charge in [0.2, 0.25) is 0 Å². The summed E-state index contributed by atoms with van der Waals surface area (Å²) >= 11 is 0. The summed E-state index contributed by atoms with van der Waals surface area (Å²) in [5, 5.41) is 26.1. The van der Waals surface area contributed by atoms with Gasteiger partial charge in [-0.1, -0.05) is 0 Å². The molecule has 0 unspecified atom stereocenters. The number of aromatic carboxylic acids is 1. The minimum atomic E-state index is -1.27. The normalized spacial score (nSPS) is 8.67. The van der Waals surface area contributed by atoms with Crippen molar-refractivity contribution in [2.75, 3.05) is 0 Å². The zero-order chi connectivity index (χ0) is 8.43. The van der Waals surface area contributed by atoms with Crippen molar-refractivity contribution in [2.24, 2.45) is 0 Å². The molecule has 0 aliphatic carbocycles. The van der Waals surface area contributed by atoms with E-state index >= 15 is 0 Å². The summed E-state index contributed by atoms with van der Waals surface area (Å²) in [4.78, 5) is 10.3. The molecular weight excluding hydrogens is 357 g/mol. The quantitative estimate of drug-likeness (QED) is 0.468. The molecule has 0 spiro atoms. The van der Waals surface area contributed by atoms with Crippen molar-refractivity contribution in [3.8, 4) is 11.5 Å². The fourth-order valence-corrected chi connectivity index (χ4v) is 0.695. The first-order chi connectivity index (χ1) is 5.11. The van der Waals surface area contributed by atoms with E-state index in [-0.39, 0.29) is 43.3 Å². The van der Waals surface area contributed by atoms with Gasteiger partial charge in [0.1, 0.15) is 17.1 Å². The van der Waals surface area contributed by atoms with E-state index in [1.165, 1.54) is 6.07 Å². The summed E-state index contributed by atoms with van der Waals surface area (Å²) in [6.45, 7) is 0. The van der Waals surface area contributed by atoms with Crippen LogP contribution in [0.1, 0.15) is 10.4 Å². The van der Waals surface area contributed by atoms with Crippen LogP contribution in [0.4, 0.5) is 0 Å². The van der Waals surface area contributed by atoms with Gasteiger partial charge in [-0.3, -0.25) is 0 Å². The van der Waals surface area contributed by atoms with Crippen LogP contribution < -0.4 is 0 Å². The molecule has 0 aromatic heterocycles. The van der Waals surface area contributed by atoms with Crippen LogP contribution in [0.25, 0.3) is 0 Å². The molecule has 0 aliphatic heterocycles.